The Labute approximate surface area is 182 Å². The van der Waals surface area contributed by atoms with Crippen molar-refractivity contribution in [2.24, 2.45) is 0 Å². The van der Waals surface area contributed by atoms with E-state index < -0.39 is 0 Å². The standard InChI is InChI=1S/C21H24N4O3.C3H6/c1-3-6-18(28-2)19-15-9-16(14-7-4-5-8-17(14)27)23-24-21(15)22-20(19)13-10-25(11-13)12-26;1-3-2/h4-5,7-9,12-13,18,27H,3,6,10-11H2,1-2H3,(H,22,24);3H,1H2,2H3. The number of benzene rings is 1. The van der Waals surface area contributed by atoms with Gasteiger partial charge in [0.05, 0.1) is 11.8 Å². The number of methoxy groups -OCH3 is 1. The van der Waals surface area contributed by atoms with Gasteiger partial charge in [0.2, 0.25) is 6.41 Å². The van der Waals surface area contributed by atoms with Crippen molar-refractivity contribution >= 4 is 17.4 Å². The molecule has 4 rings (SSSR count). The fourth-order valence-electron chi connectivity index (χ4n) is 3.94. The molecule has 1 aromatic carbocycles. The summed E-state index contributed by atoms with van der Waals surface area (Å²) in [7, 11) is 1.72. The molecule has 1 aliphatic heterocycles. The van der Waals surface area contributed by atoms with Gasteiger partial charge >= 0.3 is 0 Å². The molecule has 1 atom stereocenters. The molecule has 1 saturated heterocycles. The molecule has 0 spiro atoms. The Morgan fingerprint density at radius 2 is 2.06 bits per heavy atom. The molecule has 2 N–H and O–H groups in total. The zero-order chi connectivity index (χ0) is 22.4. The Morgan fingerprint density at radius 3 is 2.68 bits per heavy atom. The van der Waals surface area contributed by atoms with Crippen molar-refractivity contribution < 1.29 is 14.6 Å². The number of nitrogens with one attached hydrogen (secondary N) is 1. The largest absolute Gasteiger partial charge is 0.507 e. The number of carbonyl (C=O) groups excluding carboxylic acids is 1. The average molecular weight is 423 g/mol. The molecule has 0 aliphatic carbocycles. The first-order valence-corrected chi connectivity index (χ1v) is 10.5. The number of fused-ring (bicyclic) bond motifs is 1. The maximum absolute atomic E-state index is 11.0. The van der Waals surface area contributed by atoms with Gasteiger partial charge in [-0.15, -0.1) is 16.8 Å². The lowest BCUT2D eigenvalue weighted by Gasteiger charge is -2.37. The van der Waals surface area contributed by atoms with Crippen molar-refractivity contribution in [3.63, 3.8) is 0 Å². The lowest BCUT2D eigenvalue weighted by Crippen LogP contribution is -2.44. The van der Waals surface area contributed by atoms with Gasteiger partial charge in [-0.1, -0.05) is 31.6 Å². The van der Waals surface area contributed by atoms with Gasteiger partial charge in [0.15, 0.2) is 5.65 Å². The van der Waals surface area contributed by atoms with Crippen molar-refractivity contribution in [2.45, 2.75) is 38.7 Å². The molecule has 1 unspecified atom stereocenters. The Balaban J connectivity index is 0.000000858. The molecule has 7 nitrogen and oxygen atoms in total. The van der Waals surface area contributed by atoms with Gasteiger partial charge in [0.1, 0.15) is 5.75 Å². The van der Waals surface area contributed by atoms with E-state index in [1.54, 1.807) is 30.2 Å². The minimum absolute atomic E-state index is 0.0690. The van der Waals surface area contributed by atoms with E-state index in [2.05, 4.69) is 28.7 Å². The quantitative estimate of drug-likeness (QED) is 0.430. The van der Waals surface area contributed by atoms with E-state index in [0.717, 1.165) is 35.9 Å². The molecule has 3 aromatic rings. The second-order valence-electron chi connectivity index (χ2n) is 7.64. The smallest absolute Gasteiger partial charge is 0.209 e. The van der Waals surface area contributed by atoms with Gasteiger partial charge in [-0.3, -0.25) is 4.79 Å². The summed E-state index contributed by atoms with van der Waals surface area (Å²) in [5.41, 5.74) is 4.11. The van der Waals surface area contributed by atoms with Gasteiger partial charge in [0, 0.05) is 48.3 Å². The van der Waals surface area contributed by atoms with Gasteiger partial charge < -0.3 is 19.7 Å². The van der Waals surface area contributed by atoms with Crippen molar-refractivity contribution in [3.05, 3.63) is 54.2 Å². The van der Waals surface area contributed by atoms with E-state index in [4.69, 9.17) is 4.74 Å². The minimum atomic E-state index is -0.0690. The second-order valence-corrected chi connectivity index (χ2v) is 7.64. The van der Waals surface area contributed by atoms with Crippen molar-refractivity contribution in [3.8, 4) is 17.0 Å². The summed E-state index contributed by atoms with van der Waals surface area (Å²) in [5, 5.41) is 19.8. The van der Waals surface area contributed by atoms with Crippen LogP contribution in [-0.2, 0) is 9.53 Å². The van der Waals surface area contributed by atoms with Crippen molar-refractivity contribution in [1.29, 1.82) is 0 Å². The Bertz CT molecular complexity index is 1040. The summed E-state index contributed by atoms with van der Waals surface area (Å²) in [4.78, 5) is 16.2. The zero-order valence-corrected chi connectivity index (χ0v) is 18.3. The number of hydrogen-bond donors (Lipinski definition) is 2. The number of allylic oxidation sites excluding steroid dienone is 1. The van der Waals surface area contributed by atoms with Crippen LogP contribution in [0.15, 0.2) is 43.0 Å². The molecule has 7 heteroatoms. The monoisotopic (exact) mass is 422 g/mol. The highest BCUT2D eigenvalue weighted by Gasteiger charge is 2.33. The van der Waals surface area contributed by atoms with Crippen LogP contribution < -0.4 is 0 Å². The van der Waals surface area contributed by atoms with Crippen molar-refractivity contribution in [1.82, 2.24) is 20.1 Å². The molecule has 2 aromatic heterocycles. The molecule has 1 fully saturated rings. The fraction of sp³-hybridized carbons (Fsp3) is 0.375. The predicted molar refractivity (Wildman–Crippen MR) is 122 cm³/mol. The van der Waals surface area contributed by atoms with E-state index >= 15 is 0 Å². The lowest BCUT2D eigenvalue weighted by molar-refractivity contribution is -0.122. The number of carbonyl (C=O) groups is 1. The zero-order valence-electron chi connectivity index (χ0n) is 18.3. The van der Waals surface area contributed by atoms with E-state index in [0.29, 0.717) is 30.0 Å². The number of nitrogens with zero attached hydrogens (tertiary/aromatic N) is 3. The third kappa shape index (κ3) is 4.61. The lowest BCUT2D eigenvalue weighted by atomic mass is 9.90. The number of aromatic hydroxyl groups is 1. The van der Waals surface area contributed by atoms with E-state index in [1.807, 2.05) is 25.1 Å². The first-order valence-electron chi connectivity index (χ1n) is 10.5. The van der Waals surface area contributed by atoms with E-state index in [1.165, 1.54) is 0 Å². The number of ether oxygens (including phenoxy) is 1. The van der Waals surface area contributed by atoms with Gasteiger partial charge in [-0.2, -0.15) is 0 Å². The number of H-pyrrole nitrogens is 1. The van der Waals surface area contributed by atoms with Crippen LogP contribution in [0.1, 0.15) is 50.0 Å². The first kappa shape index (κ1) is 22.5. The van der Waals surface area contributed by atoms with Crippen LogP contribution in [0.3, 0.4) is 0 Å². The maximum Gasteiger partial charge on any atom is 0.209 e. The highest BCUT2D eigenvalue weighted by molar-refractivity contribution is 5.86. The number of phenols is 1. The first-order chi connectivity index (χ1) is 15.1. The second kappa shape index (κ2) is 10.2. The third-order valence-corrected chi connectivity index (χ3v) is 5.43. The van der Waals surface area contributed by atoms with Crippen LogP contribution in [-0.4, -0.2) is 51.8 Å². The topological polar surface area (TPSA) is 91.3 Å². The van der Waals surface area contributed by atoms with Crippen LogP contribution in [0.25, 0.3) is 22.3 Å². The highest BCUT2D eigenvalue weighted by Crippen LogP contribution is 2.39. The Kier molecular flexibility index (Phi) is 7.41. The molecular formula is C24H30N4O3. The van der Waals surface area contributed by atoms with Crippen LogP contribution in [0.5, 0.6) is 5.75 Å². The van der Waals surface area contributed by atoms with Gasteiger partial charge in [0.25, 0.3) is 0 Å². The van der Waals surface area contributed by atoms with Crippen LogP contribution >= 0.6 is 0 Å². The summed E-state index contributed by atoms with van der Waals surface area (Å²) in [6, 6.07) is 9.07. The number of hydrogen-bond acceptors (Lipinski definition) is 5. The number of rotatable bonds is 7. The normalized spacial score (nSPS) is 14.5. The molecule has 3 heterocycles. The third-order valence-electron chi connectivity index (χ3n) is 5.43. The molecule has 1 aliphatic rings. The predicted octanol–water partition coefficient (Wildman–Crippen LogP) is 4.57. The Morgan fingerprint density at radius 1 is 1.35 bits per heavy atom. The summed E-state index contributed by atoms with van der Waals surface area (Å²) in [6.45, 7) is 8.75. The van der Waals surface area contributed by atoms with Crippen molar-refractivity contribution in [2.75, 3.05) is 20.2 Å². The molecule has 31 heavy (non-hydrogen) atoms. The molecular weight excluding hydrogens is 392 g/mol. The summed E-state index contributed by atoms with van der Waals surface area (Å²) in [5.74, 6) is 0.406. The SMILES string of the molecule is C=CC.CCCC(OC)c1c(C2CN(C=O)C2)[nH]c2nnc(-c3ccccc3O)cc12. The number of para-hydroxylation sites is 1. The van der Waals surface area contributed by atoms with Gasteiger partial charge in [-0.25, -0.2) is 0 Å². The number of likely N-dealkylation sites (tertiary alicyclic amines) is 1. The van der Waals surface area contributed by atoms with Gasteiger partial charge in [-0.05, 0) is 31.5 Å². The molecule has 0 radical (unpaired) electrons. The summed E-state index contributed by atoms with van der Waals surface area (Å²) < 4.78 is 5.82. The maximum atomic E-state index is 11.0. The minimum Gasteiger partial charge on any atom is -0.507 e. The Hall–Kier alpha value is -3.19. The number of phenolic OH excluding ortho intramolecular Hbond substituents is 1. The van der Waals surface area contributed by atoms with Crippen LogP contribution in [0.2, 0.25) is 0 Å². The summed E-state index contributed by atoms with van der Waals surface area (Å²) in [6.07, 6.45) is 4.44. The molecule has 164 valence electrons. The van der Waals surface area contributed by atoms with Crippen LogP contribution in [0, 0.1) is 0 Å². The average Bonchev–Trinajstić information content (AvgIpc) is 3.10. The number of aromatic amines is 1. The molecule has 1 amide bonds. The number of amides is 1. The van der Waals surface area contributed by atoms with E-state index in [-0.39, 0.29) is 17.8 Å². The molecule has 0 saturated carbocycles. The molecule has 0 bridgehead atoms. The van der Waals surface area contributed by atoms with Crippen LogP contribution in [0.4, 0.5) is 0 Å². The fourth-order valence-corrected chi connectivity index (χ4v) is 3.94. The number of aromatic nitrogens is 3. The summed E-state index contributed by atoms with van der Waals surface area (Å²) >= 11 is 0. The highest BCUT2D eigenvalue weighted by atomic mass is 16.5. The van der Waals surface area contributed by atoms with E-state index in [9.17, 15) is 9.90 Å².